The van der Waals surface area contributed by atoms with Crippen molar-refractivity contribution in [1.29, 1.82) is 0 Å². The molecule has 0 aliphatic carbocycles. The summed E-state index contributed by atoms with van der Waals surface area (Å²) in [5.41, 5.74) is 8.76. The molecule has 10 rings (SSSR count). The first kappa shape index (κ1) is 25.1. The summed E-state index contributed by atoms with van der Waals surface area (Å²) in [7, 11) is 0. The van der Waals surface area contributed by atoms with E-state index in [9.17, 15) is 0 Å². The lowest BCUT2D eigenvalue weighted by atomic mass is 9.98. The third kappa shape index (κ3) is 3.66. The Balaban J connectivity index is 1.25. The average Bonchev–Trinajstić information content (AvgIpc) is 3.78. The largest absolute Gasteiger partial charge is 0.308 e. The summed E-state index contributed by atoms with van der Waals surface area (Å²) in [5.74, 6) is 0. The molecule has 0 spiro atoms. The Kier molecular flexibility index (Phi) is 5.39. The van der Waals surface area contributed by atoms with Crippen LogP contribution in [0.15, 0.2) is 152 Å². The van der Waals surface area contributed by atoms with Crippen LogP contribution < -0.4 is 0 Å². The number of rotatable bonds is 3. The summed E-state index contributed by atoms with van der Waals surface area (Å²) in [6.07, 6.45) is 0. The highest BCUT2D eigenvalue weighted by Crippen LogP contribution is 2.47. The molecule has 0 saturated carbocycles. The van der Waals surface area contributed by atoms with E-state index in [2.05, 4.69) is 156 Å². The van der Waals surface area contributed by atoms with Gasteiger partial charge in [-0.25, -0.2) is 0 Å². The summed E-state index contributed by atoms with van der Waals surface area (Å²) >= 11 is 3.83. The first-order valence-electron chi connectivity index (χ1n) is 15.3. The van der Waals surface area contributed by atoms with Crippen LogP contribution in [0, 0.1) is 0 Å². The molecule has 0 bridgehead atoms. The standard InChI is InChI=1S/C42H25NS2/c1-2-11-26(12-3-1)27-13-8-14-28(25-27)29-17-9-18-31-32-19-10-21-37(41(32)45-40(29)31)43-35-20-6-4-16-34(35)39-36(43)24-23-33-30-15-5-7-22-38(30)44-42(33)39/h1-25H. The van der Waals surface area contributed by atoms with Crippen LogP contribution in [0.5, 0.6) is 0 Å². The minimum atomic E-state index is 1.24. The lowest BCUT2D eigenvalue weighted by Gasteiger charge is -2.09. The van der Waals surface area contributed by atoms with Gasteiger partial charge < -0.3 is 4.57 Å². The van der Waals surface area contributed by atoms with E-state index in [1.165, 1.54) is 90.1 Å². The van der Waals surface area contributed by atoms with Gasteiger partial charge in [0.2, 0.25) is 0 Å². The highest BCUT2D eigenvalue weighted by atomic mass is 32.1. The zero-order valence-electron chi connectivity index (χ0n) is 24.2. The first-order chi connectivity index (χ1) is 22.3. The van der Waals surface area contributed by atoms with Crippen molar-refractivity contribution in [3.8, 4) is 27.9 Å². The molecular weight excluding hydrogens is 583 g/mol. The number of nitrogens with zero attached hydrogens (tertiary/aromatic N) is 1. The molecule has 7 aromatic carbocycles. The molecule has 45 heavy (non-hydrogen) atoms. The summed E-state index contributed by atoms with van der Waals surface area (Å²) in [5, 5.41) is 7.96. The van der Waals surface area contributed by atoms with E-state index in [1.54, 1.807) is 0 Å². The number of aromatic nitrogens is 1. The lowest BCUT2D eigenvalue weighted by molar-refractivity contribution is 1.20. The molecule has 0 aliphatic heterocycles. The van der Waals surface area contributed by atoms with Crippen molar-refractivity contribution < 1.29 is 0 Å². The third-order valence-corrected chi connectivity index (χ3v) is 11.7. The number of thiophene rings is 2. The fourth-order valence-electron chi connectivity index (χ4n) is 7.20. The fourth-order valence-corrected chi connectivity index (χ4v) is 9.80. The topological polar surface area (TPSA) is 4.93 Å². The van der Waals surface area contributed by atoms with Gasteiger partial charge in [0.1, 0.15) is 0 Å². The minimum absolute atomic E-state index is 1.24. The third-order valence-electron chi connectivity index (χ3n) is 9.21. The van der Waals surface area contributed by atoms with E-state index < -0.39 is 0 Å². The molecule has 0 N–H and O–H groups in total. The number of para-hydroxylation sites is 1. The molecule has 210 valence electrons. The van der Waals surface area contributed by atoms with Crippen molar-refractivity contribution in [1.82, 2.24) is 4.57 Å². The van der Waals surface area contributed by atoms with Gasteiger partial charge in [0.25, 0.3) is 0 Å². The predicted octanol–water partition coefficient (Wildman–Crippen LogP) is 12.9. The predicted molar refractivity (Wildman–Crippen MR) is 197 cm³/mol. The molecule has 1 nitrogen and oxygen atoms in total. The maximum atomic E-state index is 2.50. The molecular formula is C42H25NS2. The second-order valence-corrected chi connectivity index (χ2v) is 13.7. The van der Waals surface area contributed by atoms with Crippen LogP contribution in [0.2, 0.25) is 0 Å². The van der Waals surface area contributed by atoms with Gasteiger partial charge in [-0.1, -0.05) is 121 Å². The highest BCUT2D eigenvalue weighted by molar-refractivity contribution is 7.27. The first-order valence-corrected chi connectivity index (χ1v) is 16.9. The van der Waals surface area contributed by atoms with Gasteiger partial charge in [0, 0.05) is 46.4 Å². The Morgan fingerprint density at radius 2 is 1.04 bits per heavy atom. The van der Waals surface area contributed by atoms with Crippen molar-refractivity contribution >= 4 is 84.8 Å². The molecule has 3 heteroatoms. The number of fused-ring (bicyclic) bond motifs is 10. The molecule has 0 unspecified atom stereocenters. The maximum absolute atomic E-state index is 2.50. The number of hydrogen-bond donors (Lipinski definition) is 0. The van der Waals surface area contributed by atoms with Crippen LogP contribution in [0.1, 0.15) is 0 Å². The molecule has 3 heterocycles. The molecule has 10 aromatic rings. The fraction of sp³-hybridized carbons (Fsp3) is 0. The molecule has 0 saturated heterocycles. The van der Waals surface area contributed by atoms with Crippen LogP contribution in [0.4, 0.5) is 0 Å². The highest BCUT2D eigenvalue weighted by Gasteiger charge is 2.20. The van der Waals surface area contributed by atoms with Gasteiger partial charge in [-0.05, 0) is 52.6 Å². The quantitative estimate of drug-likeness (QED) is 0.188. The van der Waals surface area contributed by atoms with E-state index in [0.29, 0.717) is 0 Å². The van der Waals surface area contributed by atoms with Crippen LogP contribution >= 0.6 is 22.7 Å². The zero-order chi connectivity index (χ0) is 29.5. The van der Waals surface area contributed by atoms with E-state index >= 15 is 0 Å². The van der Waals surface area contributed by atoms with Crippen LogP contribution in [-0.2, 0) is 0 Å². The average molecular weight is 608 g/mol. The molecule has 0 radical (unpaired) electrons. The smallest absolute Gasteiger partial charge is 0.0640 e. The molecule has 3 aromatic heterocycles. The van der Waals surface area contributed by atoms with Crippen molar-refractivity contribution in [2.24, 2.45) is 0 Å². The SMILES string of the molecule is c1ccc(-c2cccc(-c3cccc4c3sc3c(-n5c6ccccc6c6c7sc8ccccc8c7ccc65)cccc34)c2)cc1. The Morgan fingerprint density at radius 3 is 1.96 bits per heavy atom. The van der Waals surface area contributed by atoms with Crippen molar-refractivity contribution in [3.05, 3.63) is 152 Å². The van der Waals surface area contributed by atoms with E-state index in [1.807, 2.05) is 22.7 Å². The second-order valence-electron chi connectivity index (χ2n) is 11.7. The van der Waals surface area contributed by atoms with Crippen LogP contribution in [0.3, 0.4) is 0 Å². The number of hydrogen-bond acceptors (Lipinski definition) is 2. The monoisotopic (exact) mass is 607 g/mol. The summed E-state index contributed by atoms with van der Waals surface area (Å²) in [6.45, 7) is 0. The zero-order valence-corrected chi connectivity index (χ0v) is 25.8. The summed E-state index contributed by atoms with van der Waals surface area (Å²) in [4.78, 5) is 0. The number of benzene rings is 7. The molecule has 0 fully saturated rings. The lowest BCUT2D eigenvalue weighted by Crippen LogP contribution is -1.93. The maximum Gasteiger partial charge on any atom is 0.0640 e. The van der Waals surface area contributed by atoms with E-state index in [0.717, 1.165) is 0 Å². The van der Waals surface area contributed by atoms with Crippen LogP contribution in [0.25, 0.3) is 90.1 Å². The van der Waals surface area contributed by atoms with Crippen LogP contribution in [-0.4, -0.2) is 4.57 Å². The van der Waals surface area contributed by atoms with Gasteiger partial charge >= 0.3 is 0 Å². The Labute approximate surface area is 267 Å². The van der Waals surface area contributed by atoms with Gasteiger partial charge in [-0.2, -0.15) is 0 Å². The molecule has 0 aliphatic rings. The molecule has 0 atom stereocenters. The molecule has 0 amide bonds. The minimum Gasteiger partial charge on any atom is -0.308 e. The van der Waals surface area contributed by atoms with Gasteiger partial charge in [-0.3, -0.25) is 0 Å². The summed E-state index contributed by atoms with van der Waals surface area (Å²) in [6, 6.07) is 55.6. The second kappa shape index (κ2) is 9.64. The Bertz CT molecular complexity index is 2760. The van der Waals surface area contributed by atoms with E-state index in [-0.39, 0.29) is 0 Å². The van der Waals surface area contributed by atoms with Gasteiger partial charge in [-0.15, -0.1) is 22.7 Å². The normalized spacial score (nSPS) is 12.0. The van der Waals surface area contributed by atoms with Crippen molar-refractivity contribution in [2.45, 2.75) is 0 Å². The van der Waals surface area contributed by atoms with Gasteiger partial charge in [0.05, 0.1) is 21.4 Å². The van der Waals surface area contributed by atoms with E-state index in [4.69, 9.17) is 0 Å². The van der Waals surface area contributed by atoms with Crippen molar-refractivity contribution in [3.63, 3.8) is 0 Å². The van der Waals surface area contributed by atoms with Gasteiger partial charge in [0.15, 0.2) is 0 Å². The summed E-state index contributed by atoms with van der Waals surface area (Å²) < 4.78 is 7.86. The van der Waals surface area contributed by atoms with Crippen molar-refractivity contribution in [2.75, 3.05) is 0 Å². The Hall–Kier alpha value is -5.22. The Morgan fingerprint density at radius 1 is 0.378 bits per heavy atom.